The lowest BCUT2D eigenvalue weighted by atomic mass is 9.65. The van der Waals surface area contributed by atoms with Crippen LogP contribution in [0.3, 0.4) is 0 Å². The fourth-order valence-corrected chi connectivity index (χ4v) is 4.73. The van der Waals surface area contributed by atoms with Gasteiger partial charge in [-0.05, 0) is 24.6 Å². The number of aldehydes is 1. The Balaban J connectivity index is 2.09. The summed E-state index contributed by atoms with van der Waals surface area (Å²) >= 11 is 0. The summed E-state index contributed by atoms with van der Waals surface area (Å²) in [5, 5.41) is 0. The zero-order chi connectivity index (χ0) is 21.1. The van der Waals surface area contributed by atoms with Crippen LogP contribution in [0.2, 0.25) is 0 Å². The molecule has 152 valence electrons. The molecule has 1 aliphatic carbocycles. The van der Waals surface area contributed by atoms with E-state index in [0.717, 1.165) is 17.4 Å². The van der Waals surface area contributed by atoms with E-state index in [-0.39, 0.29) is 11.3 Å². The fourth-order valence-electron chi connectivity index (χ4n) is 3.80. The molecule has 2 aromatic carbocycles. The summed E-state index contributed by atoms with van der Waals surface area (Å²) in [7, 11) is -4.47. The van der Waals surface area contributed by atoms with E-state index in [1.165, 1.54) is 6.08 Å². The summed E-state index contributed by atoms with van der Waals surface area (Å²) in [5.74, 6) is -0.234. The third-order valence-electron chi connectivity index (χ3n) is 5.59. The molecule has 2 aromatic rings. The van der Waals surface area contributed by atoms with Gasteiger partial charge in [0, 0.05) is 23.3 Å². The minimum atomic E-state index is -4.47. The molecule has 3 rings (SSSR count). The van der Waals surface area contributed by atoms with Crippen LogP contribution in [0.5, 0.6) is 5.75 Å². The average molecular weight is 413 g/mol. The molecule has 0 fully saturated rings. The van der Waals surface area contributed by atoms with Crippen LogP contribution in [0, 0.1) is 5.41 Å². The molecule has 29 heavy (non-hydrogen) atoms. The van der Waals surface area contributed by atoms with Gasteiger partial charge in [0.2, 0.25) is 0 Å². The van der Waals surface area contributed by atoms with Crippen molar-refractivity contribution in [2.45, 2.75) is 32.8 Å². The van der Waals surface area contributed by atoms with Crippen molar-refractivity contribution in [2.75, 3.05) is 0 Å². The maximum atomic E-state index is 12.2. The Hall–Kier alpha value is -2.70. The first kappa shape index (κ1) is 21.0. The first-order chi connectivity index (χ1) is 13.8. The zero-order valence-electron chi connectivity index (χ0n) is 16.4. The van der Waals surface area contributed by atoms with E-state index in [0.29, 0.717) is 17.9 Å². The first-order valence-electron chi connectivity index (χ1n) is 9.33. The highest BCUT2D eigenvalue weighted by Gasteiger charge is 2.45. The summed E-state index contributed by atoms with van der Waals surface area (Å²) in [5.41, 5.74) is 1.64. The third-order valence-corrected chi connectivity index (χ3v) is 6.56. The number of carbonyl (C=O) groups excluding carboxylic acids is 1. The van der Waals surface area contributed by atoms with E-state index >= 15 is 0 Å². The van der Waals surface area contributed by atoms with Crippen LogP contribution in [-0.4, -0.2) is 19.3 Å². The number of para-hydroxylation sites is 1. The number of rotatable bonds is 7. The second-order valence-corrected chi connectivity index (χ2v) is 8.85. The van der Waals surface area contributed by atoms with Gasteiger partial charge in [-0.1, -0.05) is 67.1 Å². The molecule has 0 heterocycles. The van der Waals surface area contributed by atoms with E-state index in [1.807, 2.05) is 50.2 Å². The van der Waals surface area contributed by atoms with Crippen molar-refractivity contribution in [3.05, 3.63) is 88.4 Å². The second kappa shape index (κ2) is 8.35. The number of carbonyl (C=O) groups is 1. The Morgan fingerprint density at radius 1 is 1.07 bits per heavy atom. The van der Waals surface area contributed by atoms with Gasteiger partial charge in [0.1, 0.15) is 18.6 Å². The van der Waals surface area contributed by atoms with Crippen molar-refractivity contribution in [1.29, 1.82) is 0 Å². The van der Waals surface area contributed by atoms with Crippen LogP contribution in [0.15, 0.2) is 77.2 Å². The molecule has 1 N–H and O–H groups in total. The summed E-state index contributed by atoms with van der Waals surface area (Å²) in [6, 6.07) is 16.8. The lowest BCUT2D eigenvalue weighted by molar-refractivity contribution is -0.109. The smallest absolute Gasteiger partial charge is 0.291 e. The molecule has 0 aliphatic heterocycles. The van der Waals surface area contributed by atoms with Gasteiger partial charge in [0.05, 0.1) is 4.91 Å². The molecule has 0 saturated carbocycles. The molecule has 0 bridgehead atoms. The number of hydrogen-bond acceptors (Lipinski definition) is 4. The van der Waals surface area contributed by atoms with Crippen LogP contribution >= 0.6 is 0 Å². The highest BCUT2D eigenvalue weighted by molar-refractivity contribution is 7.89. The van der Waals surface area contributed by atoms with Gasteiger partial charge in [0.15, 0.2) is 0 Å². The molecule has 2 unspecified atom stereocenters. The monoisotopic (exact) mass is 412 g/mol. The Morgan fingerprint density at radius 3 is 2.38 bits per heavy atom. The van der Waals surface area contributed by atoms with E-state index in [1.54, 1.807) is 24.3 Å². The molecule has 0 aromatic heterocycles. The van der Waals surface area contributed by atoms with Gasteiger partial charge in [-0.3, -0.25) is 4.55 Å². The SMILES string of the molecule is CC1=CC=C(S(=O)(=O)O)C(c2ccccc2OCc2ccccc2)C1(C)CC=O. The van der Waals surface area contributed by atoms with Gasteiger partial charge in [-0.2, -0.15) is 8.42 Å². The second-order valence-electron chi connectivity index (χ2n) is 7.43. The molecule has 0 saturated heterocycles. The maximum absolute atomic E-state index is 12.2. The van der Waals surface area contributed by atoms with Crippen molar-refractivity contribution in [3.8, 4) is 5.75 Å². The summed E-state index contributed by atoms with van der Waals surface area (Å²) < 4.78 is 40.3. The van der Waals surface area contributed by atoms with Crippen LogP contribution in [0.4, 0.5) is 0 Å². The minimum absolute atomic E-state index is 0.111. The van der Waals surface area contributed by atoms with E-state index in [2.05, 4.69) is 0 Å². The summed E-state index contributed by atoms with van der Waals surface area (Å²) in [4.78, 5) is 11.3. The quantitative estimate of drug-likeness (QED) is 0.528. The molecule has 6 heteroatoms. The molecule has 0 spiro atoms. The standard InChI is InChI=1S/C23H24O5S/c1-17-12-13-21(29(25,26)27)22(23(17,2)14-15-24)19-10-6-7-11-20(19)28-16-18-8-4-3-5-9-18/h3-13,15,22H,14,16H2,1-2H3,(H,25,26,27). The van der Waals surface area contributed by atoms with Gasteiger partial charge in [0.25, 0.3) is 10.1 Å². The van der Waals surface area contributed by atoms with Crippen LogP contribution < -0.4 is 4.74 Å². The van der Waals surface area contributed by atoms with E-state index in [9.17, 15) is 17.8 Å². The lowest BCUT2D eigenvalue weighted by Crippen LogP contribution is -2.33. The Bertz CT molecular complexity index is 1050. The largest absolute Gasteiger partial charge is 0.489 e. The molecular formula is C23H24O5S. The summed E-state index contributed by atoms with van der Waals surface area (Å²) in [6.45, 7) is 4.01. The number of benzene rings is 2. The predicted molar refractivity (Wildman–Crippen MR) is 112 cm³/mol. The molecule has 2 atom stereocenters. The molecule has 0 radical (unpaired) electrons. The van der Waals surface area contributed by atoms with Gasteiger partial charge >= 0.3 is 0 Å². The fraction of sp³-hybridized carbons (Fsp3) is 0.261. The van der Waals surface area contributed by atoms with Crippen molar-refractivity contribution >= 4 is 16.4 Å². The Labute approximate surface area is 171 Å². The first-order valence-corrected chi connectivity index (χ1v) is 10.8. The number of ether oxygens (including phenoxy) is 1. The number of allylic oxidation sites excluding steroid dienone is 4. The van der Waals surface area contributed by atoms with Gasteiger partial charge < -0.3 is 9.53 Å². The normalized spacial score (nSPS) is 21.8. The molecule has 1 aliphatic rings. The topological polar surface area (TPSA) is 80.7 Å². The number of hydrogen-bond donors (Lipinski definition) is 1. The lowest BCUT2D eigenvalue weighted by Gasteiger charge is -2.41. The maximum Gasteiger partial charge on any atom is 0.291 e. The highest BCUT2D eigenvalue weighted by Crippen LogP contribution is 2.53. The average Bonchev–Trinajstić information content (AvgIpc) is 2.69. The van der Waals surface area contributed by atoms with Crippen molar-refractivity contribution in [1.82, 2.24) is 0 Å². The third kappa shape index (κ3) is 4.33. The van der Waals surface area contributed by atoms with Gasteiger partial charge in [-0.25, -0.2) is 0 Å². The minimum Gasteiger partial charge on any atom is -0.489 e. The van der Waals surface area contributed by atoms with E-state index < -0.39 is 21.5 Å². The Morgan fingerprint density at radius 2 is 1.72 bits per heavy atom. The zero-order valence-corrected chi connectivity index (χ0v) is 17.2. The van der Waals surface area contributed by atoms with Crippen molar-refractivity contribution in [2.24, 2.45) is 5.41 Å². The molecule has 0 amide bonds. The molecular weight excluding hydrogens is 388 g/mol. The Kier molecular flexibility index (Phi) is 6.05. The van der Waals surface area contributed by atoms with Crippen LogP contribution in [-0.2, 0) is 21.5 Å². The van der Waals surface area contributed by atoms with Crippen molar-refractivity contribution in [3.63, 3.8) is 0 Å². The predicted octanol–water partition coefficient (Wildman–Crippen LogP) is 4.68. The molecule has 5 nitrogen and oxygen atoms in total. The highest BCUT2D eigenvalue weighted by atomic mass is 32.2. The van der Waals surface area contributed by atoms with Crippen molar-refractivity contribution < 1.29 is 22.5 Å². The van der Waals surface area contributed by atoms with E-state index in [4.69, 9.17) is 4.74 Å². The van der Waals surface area contributed by atoms with Crippen LogP contribution in [0.25, 0.3) is 0 Å². The summed E-state index contributed by atoms with van der Waals surface area (Å²) in [6.07, 6.45) is 3.96. The van der Waals surface area contributed by atoms with Gasteiger partial charge in [-0.15, -0.1) is 0 Å². The van der Waals surface area contributed by atoms with Crippen LogP contribution in [0.1, 0.15) is 37.3 Å².